The zero-order valence-corrected chi connectivity index (χ0v) is 17.5. The van der Waals surface area contributed by atoms with Crippen LogP contribution < -0.4 is 4.90 Å². The Balaban J connectivity index is 1.54. The van der Waals surface area contributed by atoms with Gasteiger partial charge in [-0.1, -0.05) is 42.0 Å². The summed E-state index contributed by atoms with van der Waals surface area (Å²) in [6, 6.07) is 15.4. The summed E-state index contributed by atoms with van der Waals surface area (Å²) < 4.78 is 4.69. The molecule has 30 heavy (non-hydrogen) atoms. The van der Waals surface area contributed by atoms with Crippen molar-refractivity contribution >= 4 is 34.4 Å². The Bertz CT molecular complexity index is 1130. The second kappa shape index (κ2) is 8.12. The van der Waals surface area contributed by atoms with Crippen molar-refractivity contribution in [3.8, 4) is 11.3 Å². The molecule has 152 valence electrons. The monoisotopic (exact) mass is 419 g/mol. The molecular weight excluding hydrogens is 398 g/mol. The summed E-state index contributed by atoms with van der Waals surface area (Å²) >= 11 is 1.41. The molecule has 1 aliphatic heterocycles. The maximum Gasteiger partial charge on any atom is 0.309 e. The summed E-state index contributed by atoms with van der Waals surface area (Å²) in [4.78, 5) is 17.8. The van der Waals surface area contributed by atoms with Crippen molar-refractivity contribution < 1.29 is 14.6 Å². The van der Waals surface area contributed by atoms with Crippen LogP contribution in [0.1, 0.15) is 16.1 Å². The molecule has 0 radical (unpaired) electrons. The molecule has 0 fully saturated rings. The molecule has 6 nitrogen and oxygen atoms in total. The highest BCUT2D eigenvalue weighted by atomic mass is 32.1. The van der Waals surface area contributed by atoms with E-state index < -0.39 is 0 Å². The maximum absolute atomic E-state index is 11.4. The first-order chi connectivity index (χ1) is 14.5. The van der Waals surface area contributed by atoms with E-state index in [0.717, 1.165) is 22.5 Å². The van der Waals surface area contributed by atoms with E-state index in [4.69, 9.17) is 5.41 Å². The third-order valence-electron chi connectivity index (χ3n) is 4.99. The summed E-state index contributed by atoms with van der Waals surface area (Å²) in [5.41, 5.74) is 5.07. The van der Waals surface area contributed by atoms with Crippen molar-refractivity contribution in [3.05, 3.63) is 75.8 Å². The lowest BCUT2D eigenvalue weighted by molar-refractivity contribution is -0.139. The average Bonchev–Trinajstić information content (AvgIpc) is 3.33. The number of methoxy groups -OCH3 is 1. The van der Waals surface area contributed by atoms with E-state index in [9.17, 15) is 9.90 Å². The van der Waals surface area contributed by atoms with Crippen LogP contribution in [0.5, 0.6) is 0 Å². The van der Waals surface area contributed by atoms with E-state index in [0.29, 0.717) is 10.6 Å². The van der Waals surface area contributed by atoms with Crippen LogP contribution in [0.15, 0.2) is 59.7 Å². The molecule has 0 spiro atoms. The van der Waals surface area contributed by atoms with Gasteiger partial charge in [-0.25, -0.2) is 4.98 Å². The predicted molar refractivity (Wildman–Crippen MR) is 119 cm³/mol. The fourth-order valence-corrected chi connectivity index (χ4v) is 4.20. The summed E-state index contributed by atoms with van der Waals surface area (Å²) in [5.74, 6) is 0.0351. The Labute approximate surface area is 178 Å². The van der Waals surface area contributed by atoms with Gasteiger partial charge in [-0.15, -0.1) is 11.3 Å². The number of benzene rings is 2. The minimum Gasteiger partial charge on any atom is -0.510 e. The molecule has 3 aromatic rings. The van der Waals surface area contributed by atoms with E-state index >= 15 is 0 Å². The first-order valence-corrected chi connectivity index (χ1v) is 10.3. The van der Waals surface area contributed by atoms with Gasteiger partial charge in [0.2, 0.25) is 0 Å². The van der Waals surface area contributed by atoms with Gasteiger partial charge in [0.05, 0.1) is 31.3 Å². The third kappa shape index (κ3) is 3.84. The number of anilines is 1. The molecule has 0 saturated heterocycles. The van der Waals surface area contributed by atoms with Gasteiger partial charge in [0.1, 0.15) is 16.6 Å². The second-order valence-electron chi connectivity index (χ2n) is 7.08. The molecule has 2 N–H and O–H groups in total. The number of nitrogens with zero attached hydrogens (tertiary/aromatic N) is 2. The topological polar surface area (TPSA) is 86.5 Å². The first kappa shape index (κ1) is 19.8. The largest absolute Gasteiger partial charge is 0.510 e. The second-order valence-corrected chi connectivity index (χ2v) is 7.94. The summed E-state index contributed by atoms with van der Waals surface area (Å²) in [6.07, 6.45) is 0.198. The Hall–Kier alpha value is -3.45. The van der Waals surface area contributed by atoms with E-state index in [1.54, 1.807) is 4.90 Å². The minimum absolute atomic E-state index is 0.128. The normalized spacial score (nSPS) is 13.8. The van der Waals surface area contributed by atoms with Gasteiger partial charge in [0, 0.05) is 16.6 Å². The number of hydrogen-bond donors (Lipinski definition) is 2. The molecule has 2 heterocycles. The van der Waals surface area contributed by atoms with Gasteiger partial charge in [-0.05, 0) is 24.6 Å². The summed E-state index contributed by atoms with van der Waals surface area (Å²) in [5, 5.41) is 21.7. The molecule has 0 amide bonds. The number of thiazole rings is 1. The smallest absolute Gasteiger partial charge is 0.309 e. The standard InChI is InChI=1S/C23H21N3O3S/c1-14-3-7-16(8-4-14)18-13-30-23(25-18)21-19(27)12-26(22(21)24)17-9-5-15(6-10-17)11-20(28)29-2/h3-10,13,24,27H,11-12H2,1-2H3. The van der Waals surface area contributed by atoms with Crippen molar-refractivity contribution in [1.82, 2.24) is 4.98 Å². The third-order valence-corrected chi connectivity index (χ3v) is 5.85. The lowest BCUT2D eigenvalue weighted by atomic mass is 10.1. The van der Waals surface area contributed by atoms with Gasteiger partial charge in [0.25, 0.3) is 0 Å². The zero-order chi connectivity index (χ0) is 21.3. The van der Waals surface area contributed by atoms with Gasteiger partial charge >= 0.3 is 5.97 Å². The number of aliphatic hydroxyl groups excluding tert-OH is 1. The van der Waals surface area contributed by atoms with Gasteiger partial charge in [-0.3, -0.25) is 10.2 Å². The number of aliphatic hydroxyl groups is 1. The molecular formula is C23H21N3O3S. The predicted octanol–water partition coefficient (Wildman–Crippen LogP) is 4.60. The molecule has 1 aliphatic rings. The highest BCUT2D eigenvalue weighted by Crippen LogP contribution is 2.34. The van der Waals surface area contributed by atoms with Crippen LogP contribution in [0.3, 0.4) is 0 Å². The van der Waals surface area contributed by atoms with Crippen molar-refractivity contribution in [3.63, 3.8) is 0 Å². The molecule has 0 aliphatic carbocycles. The quantitative estimate of drug-likeness (QED) is 0.590. The lowest BCUT2D eigenvalue weighted by Gasteiger charge is -2.18. The number of aromatic nitrogens is 1. The van der Waals surface area contributed by atoms with Crippen molar-refractivity contribution in [2.45, 2.75) is 13.3 Å². The van der Waals surface area contributed by atoms with Crippen LogP contribution >= 0.6 is 11.3 Å². The van der Waals surface area contributed by atoms with Gasteiger partial charge in [0.15, 0.2) is 0 Å². The Morgan fingerprint density at radius 2 is 1.90 bits per heavy atom. The number of carbonyl (C=O) groups is 1. The summed E-state index contributed by atoms with van der Waals surface area (Å²) in [6.45, 7) is 2.25. The fourth-order valence-electron chi connectivity index (χ4n) is 3.30. The lowest BCUT2D eigenvalue weighted by Crippen LogP contribution is -2.26. The van der Waals surface area contributed by atoms with E-state index in [1.165, 1.54) is 24.0 Å². The Morgan fingerprint density at radius 1 is 1.20 bits per heavy atom. The highest BCUT2D eigenvalue weighted by Gasteiger charge is 2.31. The van der Waals surface area contributed by atoms with Crippen molar-refractivity contribution in [2.75, 3.05) is 18.6 Å². The highest BCUT2D eigenvalue weighted by molar-refractivity contribution is 7.11. The average molecular weight is 420 g/mol. The molecule has 0 bridgehead atoms. The van der Waals surface area contributed by atoms with Gasteiger partial charge < -0.3 is 14.7 Å². The Morgan fingerprint density at radius 3 is 2.57 bits per heavy atom. The van der Waals surface area contributed by atoms with Crippen LogP contribution in [0.4, 0.5) is 5.69 Å². The van der Waals surface area contributed by atoms with Crippen LogP contribution in [0, 0.1) is 12.3 Å². The number of ether oxygens (including phenoxy) is 1. The fraction of sp³-hybridized carbons (Fsp3) is 0.174. The summed E-state index contributed by atoms with van der Waals surface area (Å²) in [7, 11) is 1.36. The van der Waals surface area contributed by atoms with E-state index in [-0.39, 0.29) is 30.5 Å². The van der Waals surface area contributed by atoms with Crippen molar-refractivity contribution in [2.24, 2.45) is 0 Å². The Kier molecular flexibility index (Phi) is 5.37. The zero-order valence-electron chi connectivity index (χ0n) is 16.7. The van der Waals surface area contributed by atoms with Crippen LogP contribution in [-0.4, -0.2) is 35.5 Å². The minimum atomic E-state index is -0.300. The van der Waals surface area contributed by atoms with E-state index in [2.05, 4.69) is 9.72 Å². The molecule has 0 unspecified atom stereocenters. The van der Waals surface area contributed by atoms with Crippen LogP contribution in [0.2, 0.25) is 0 Å². The SMILES string of the molecule is COC(=O)Cc1ccc(N2CC(O)=C(c3nc(-c4ccc(C)cc4)cs3)C2=N)cc1. The number of esters is 1. The first-order valence-electron chi connectivity index (χ1n) is 9.43. The van der Waals surface area contributed by atoms with Crippen LogP contribution in [-0.2, 0) is 16.0 Å². The van der Waals surface area contributed by atoms with Crippen molar-refractivity contribution in [1.29, 1.82) is 5.41 Å². The molecule has 0 saturated carbocycles. The number of rotatable bonds is 5. The molecule has 4 rings (SSSR count). The van der Waals surface area contributed by atoms with E-state index in [1.807, 2.05) is 60.8 Å². The number of aryl methyl sites for hydroxylation is 1. The number of carbonyl (C=O) groups excluding carboxylic acids is 1. The van der Waals surface area contributed by atoms with Crippen LogP contribution in [0.25, 0.3) is 16.8 Å². The number of nitrogens with one attached hydrogen (secondary N) is 1. The molecule has 2 aromatic carbocycles. The number of hydrogen-bond acceptors (Lipinski definition) is 6. The molecule has 0 atom stereocenters. The molecule has 7 heteroatoms. The maximum atomic E-state index is 11.4. The van der Waals surface area contributed by atoms with Gasteiger partial charge in [-0.2, -0.15) is 0 Å². The number of amidine groups is 1. The molecule has 1 aromatic heterocycles.